The third-order valence-electron chi connectivity index (χ3n) is 6.77. The fraction of sp³-hybridized carbons (Fsp3) is 0.407. The van der Waals surface area contributed by atoms with Crippen molar-refractivity contribution in [2.24, 2.45) is 0 Å². The molecule has 0 spiro atoms. The number of hydrogen-bond acceptors (Lipinski definition) is 6. The lowest BCUT2D eigenvalue weighted by molar-refractivity contribution is 0.0888. The number of hydrogen-bond donors (Lipinski definition) is 1. The van der Waals surface area contributed by atoms with Crippen molar-refractivity contribution in [3.05, 3.63) is 87.5 Å². The number of H-pyrrole nitrogens is 1. The predicted octanol–water partition coefficient (Wildman–Crippen LogP) is 4.16. The highest BCUT2D eigenvalue weighted by atomic mass is 16.5. The molecule has 35 heavy (non-hydrogen) atoms. The van der Waals surface area contributed by atoms with E-state index in [-0.39, 0.29) is 17.7 Å². The number of benzene rings is 2. The van der Waals surface area contributed by atoms with E-state index in [0.717, 1.165) is 53.7 Å². The van der Waals surface area contributed by atoms with Crippen LogP contribution in [-0.4, -0.2) is 42.8 Å². The van der Waals surface area contributed by atoms with E-state index in [4.69, 9.17) is 4.74 Å². The van der Waals surface area contributed by atoms with E-state index in [1.165, 1.54) is 5.56 Å². The second-order valence-corrected chi connectivity index (χ2v) is 9.38. The van der Waals surface area contributed by atoms with Crippen LogP contribution in [-0.2, 0) is 24.4 Å². The van der Waals surface area contributed by atoms with E-state index < -0.39 is 0 Å². The van der Waals surface area contributed by atoms with Crippen molar-refractivity contribution in [3.8, 4) is 0 Å². The topological polar surface area (TPSA) is 88.9 Å². The Balaban J connectivity index is 1.49. The SMILES string of the molecule is CCC(c1nnnn1CC1CCCO1)N(Cc1ccccc1)Cc1cc2ccc(C)cc2[nH]c1=O. The number of aromatic amines is 1. The molecule has 2 unspecified atom stereocenters. The van der Waals surface area contributed by atoms with Gasteiger partial charge in [0.1, 0.15) is 0 Å². The molecule has 2 aromatic carbocycles. The lowest BCUT2D eigenvalue weighted by atomic mass is 10.1. The summed E-state index contributed by atoms with van der Waals surface area (Å²) < 4.78 is 7.72. The van der Waals surface area contributed by atoms with Gasteiger partial charge in [0.15, 0.2) is 5.82 Å². The number of aryl methyl sites for hydroxylation is 1. The molecular weight excluding hydrogens is 440 g/mol. The lowest BCUT2D eigenvalue weighted by Crippen LogP contribution is -2.33. The predicted molar refractivity (Wildman–Crippen MR) is 135 cm³/mol. The van der Waals surface area contributed by atoms with Crippen LogP contribution < -0.4 is 5.56 Å². The molecule has 1 saturated heterocycles. The third-order valence-corrected chi connectivity index (χ3v) is 6.77. The summed E-state index contributed by atoms with van der Waals surface area (Å²) in [7, 11) is 0. The van der Waals surface area contributed by atoms with E-state index >= 15 is 0 Å². The molecule has 2 aromatic heterocycles. The maximum Gasteiger partial charge on any atom is 0.252 e. The van der Waals surface area contributed by atoms with E-state index in [2.05, 4.69) is 56.6 Å². The van der Waals surface area contributed by atoms with Gasteiger partial charge in [0, 0.05) is 30.8 Å². The average molecular weight is 473 g/mol. The van der Waals surface area contributed by atoms with Crippen LogP contribution >= 0.6 is 0 Å². The monoisotopic (exact) mass is 472 g/mol. The first-order chi connectivity index (χ1) is 17.1. The number of tetrazole rings is 1. The second-order valence-electron chi connectivity index (χ2n) is 9.38. The number of ether oxygens (including phenoxy) is 1. The molecule has 0 amide bonds. The maximum atomic E-state index is 13.1. The standard InChI is InChI=1S/C27H32N6O2/c1-3-25(26-29-30-31-33(26)18-23-10-7-13-35-23)32(16-20-8-5-4-6-9-20)17-22-15-21-12-11-19(2)14-24(21)28-27(22)34/h4-6,8-9,11-12,14-15,23,25H,3,7,10,13,16-18H2,1-2H3,(H,28,34). The first-order valence-electron chi connectivity index (χ1n) is 12.4. The smallest absolute Gasteiger partial charge is 0.252 e. The van der Waals surface area contributed by atoms with Gasteiger partial charge in [0.05, 0.1) is 18.7 Å². The summed E-state index contributed by atoms with van der Waals surface area (Å²) >= 11 is 0. The van der Waals surface area contributed by atoms with Gasteiger partial charge in [-0.1, -0.05) is 49.4 Å². The molecule has 182 valence electrons. The Kier molecular flexibility index (Phi) is 7.01. The fourth-order valence-corrected chi connectivity index (χ4v) is 4.96. The Labute approximate surface area is 204 Å². The van der Waals surface area contributed by atoms with Crippen molar-refractivity contribution in [3.63, 3.8) is 0 Å². The molecular formula is C27H32N6O2. The normalized spacial score (nSPS) is 16.8. The minimum absolute atomic E-state index is 0.0558. The number of pyridine rings is 1. The second kappa shape index (κ2) is 10.5. The maximum absolute atomic E-state index is 13.1. The number of fused-ring (bicyclic) bond motifs is 1. The highest BCUT2D eigenvalue weighted by molar-refractivity contribution is 5.79. The van der Waals surface area contributed by atoms with Gasteiger partial charge < -0.3 is 9.72 Å². The van der Waals surface area contributed by atoms with Crippen LogP contribution in [0.4, 0.5) is 0 Å². The first kappa shape index (κ1) is 23.4. The number of rotatable bonds is 9. The molecule has 0 aliphatic carbocycles. The summed E-state index contributed by atoms with van der Waals surface area (Å²) in [5, 5.41) is 13.8. The van der Waals surface area contributed by atoms with Crippen LogP contribution in [0.1, 0.15) is 54.7 Å². The highest BCUT2D eigenvalue weighted by Gasteiger charge is 2.27. The van der Waals surface area contributed by atoms with Gasteiger partial charge in [0.25, 0.3) is 5.56 Å². The average Bonchev–Trinajstić information content (AvgIpc) is 3.54. The summed E-state index contributed by atoms with van der Waals surface area (Å²) in [6.45, 7) is 6.77. The van der Waals surface area contributed by atoms with Crippen LogP contribution in [0, 0.1) is 6.92 Å². The molecule has 3 heterocycles. The molecule has 8 nitrogen and oxygen atoms in total. The zero-order valence-corrected chi connectivity index (χ0v) is 20.4. The largest absolute Gasteiger partial charge is 0.376 e. The summed E-state index contributed by atoms with van der Waals surface area (Å²) in [4.78, 5) is 18.5. The Morgan fingerprint density at radius 1 is 1.17 bits per heavy atom. The van der Waals surface area contributed by atoms with Crippen LogP contribution in [0.3, 0.4) is 0 Å². The summed E-state index contributed by atoms with van der Waals surface area (Å²) in [5.41, 5.74) is 3.83. The van der Waals surface area contributed by atoms with E-state index in [1.807, 2.05) is 41.9 Å². The Morgan fingerprint density at radius 2 is 2.03 bits per heavy atom. The summed E-state index contributed by atoms with van der Waals surface area (Å²) in [6, 6.07) is 18.4. The van der Waals surface area contributed by atoms with Crippen LogP contribution in [0.15, 0.2) is 59.4 Å². The first-order valence-corrected chi connectivity index (χ1v) is 12.4. The van der Waals surface area contributed by atoms with E-state index in [0.29, 0.717) is 19.6 Å². The minimum atomic E-state index is -0.0602. The van der Waals surface area contributed by atoms with Crippen molar-refractivity contribution >= 4 is 10.9 Å². The lowest BCUT2D eigenvalue weighted by Gasteiger charge is -2.30. The van der Waals surface area contributed by atoms with Crippen LogP contribution in [0.2, 0.25) is 0 Å². The van der Waals surface area contributed by atoms with Crippen LogP contribution in [0.25, 0.3) is 10.9 Å². The Morgan fingerprint density at radius 3 is 2.80 bits per heavy atom. The molecule has 1 aliphatic heterocycles. The summed E-state index contributed by atoms with van der Waals surface area (Å²) in [5.74, 6) is 0.812. The molecule has 0 bridgehead atoms. The van der Waals surface area contributed by atoms with Crippen molar-refractivity contribution in [2.75, 3.05) is 6.61 Å². The molecule has 0 radical (unpaired) electrons. The van der Waals surface area contributed by atoms with Crippen molar-refractivity contribution in [1.29, 1.82) is 0 Å². The van der Waals surface area contributed by atoms with Crippen molar-refractivity contribution in [1.82, 2.24) is 30.1 Å². The molecule has 1 N–H and O–H groups in total. The molecule has 4 aromatic rings. The van der Waals surface area contributed by atoms with E-state index in [1.54, 1.807) is 0 Å². The summed E-state index contributed by atoms with van der Waals surface area (Å²) in [6.07, 6.45) is 3.05. The van der Waals surface area contributed by atoms with Gasteiger partial charge in [-0.25, -0.2) is 4.68 Å². The zero-order chi connectivity index (χ0) is 24.2. The number of aromatic nitrogens is 5. The Hall–Kier alpha value is -3.36. The van der Waals surface area contributed by atoms with E-state index in [9.17, 15) is 4.79 Å². The molecule has 5 rings (SSSR count). The highest BCUT2D eigenvalue weighted by Crippen LogP contribution is 2.27. The molecule has 0 saturated carbocycles. The number of nitrogens with zero attached hydrogens (tertiary/aromatic N) is 5. The quantitative estimate of drug-likeness (QED) is 0.394. The molecule has 2 atom stereocenters. The van der Waals surface area contributed by atoms with Gasteiger partial charge in [-0.05, 0) is 65.3 Å². The van der Waals surface area contributed by atoms with Gasteiger partial charge in [0.2, 0.25) is 0 Å². The Bertz CT molecular complexity index is 1330. The fourth-order valence-electron chi connectivity index (χ4n) is 4.96. The molecule has 1 aliphatic rings. The number of nitrogens with one attached hydrogen (secondary N) is 1. The van der Waals surface area contributed by atoms with Gasteiger partial charge >= 0.3 is 0 Å². The zero-order valence-electron chi connectivity index (χ0n) is 20.4. The van der Waals surface area contributed by atoms with Crippen molar-refractivity contribution in [2.45, 2.75) is 64.9 Å². The molecule has 8 heteroatoms. The minimum Gasteiger partial charge on any atom is -0.376 e. The third kappa shape index (κ3) is 5.33. The van der Waals surface area contributed by atoms with Crippen LogP contribution in [0.5, 0.6) is 0 Å². The van der Waals surface area contributed by atoms with Crippen molar-refractivity contribution < 1.29 is 4.74 Å². The van der Waals surface area contributed by atoms with Gasteiger partial charge in [-0.2, -0.15) is 0 Å². The molecule has 1 fully saturated rings. The van der Waals surface area contributed by atoms with Gasteiger partial charge in [-0.3, -0.25) is 9.69 Å². The van der Waals surface area contributed by atoms with Gasteiger partial charge in [-0.15, -0.1) is 5.10 Å².